The van der Waals surface area contributed by atoms with E-state index in [1.807, 2.05) is 42.5 Å². The SMILES string of the molecule is CC(C)C(C#N)(CCCN1CCC(OCc2cccc(C#N)c2)CC1)c1ccccc1. The Kier molecular flexibility index (Phi) is 8.24. The van der Waals surface area contributed by atoms with Crippen molar-refractivity contribution in [2.75, 3.05) is 19.6 Å². The van der Waals surface area contributed by atoms with Gasteiger partial charge in [-0.05, 0) is 61.4 Å². The van der Waals surface area contributed by atoms with Gasteiger partial charge in [-0.15, -0.1) is 0 Å². The van der Waals surface area contributed by atoms with Crippen molar-refractivity contribution >= 4 is 0 Å². The molecule has 162 valence electrons. The summed E-state index contributed by atoms with van der Waals surface area (Å²) in [6, 6.07) is 22.8. The first-order valence-electron chi connectivity index (χ1n) is 11.4. The molecule has 0 spiro atoms. The highest BCUT2D eigenvalue weighted by Gasteiger charge is 2.35. The van der Waals surface area contributed by atoms with Gasteiger partial charge in [0.1, 0.15) is 0 Å². The summed E-state index contributed by atoms with van der Waals surface area (Å²) in [4.78, 5) is 2.50. The number of ether oxygens (including phenoxy) is 1. The zero-order valence-corrected chi connectivity index (χ0v) is 18.8. The maximum atomic E-state index is 10.1. The van der Waals surface area contributed by atoms with Gasteiger partial charge in [0.25, 0.3) is 0 Å². The fraction of sp³-hybridized carbons (Fsp3) is 0.481. The third-order valence-corrected chi connectivity index (χ3v) is 6.60. The van der Waals surface area contributed by atoms with E-state index in [0.717, 1.165) is 56.4 Å². The van der Waals surface area contributed by atoms with Crippen LogP contribution < -0.4 is 0 Å². The molecular formula is C27H33N3O. The lowest BCUT2D eigenvalue weighted by Crippen LogP contribution is -2.38. The van der Waals surface area contributed by atoms with Crippen LogP contribution in [-0.2, 0) is 16.8 Å². The molecule has 1 saturated heterocycles. The molecule has 4 nitrogen and oxygen atoms in total. The van der Waals surface area contributed by atoms with Crippen LogP contribution in [0.2, 0.25) is 0 Å². The van der Waals surface area contributed by atoms with E-state index >= 15 is 0 Å². The Morgan fingerprint density at radius 2 is 1.81 bits per heavy atom. The third kappa shape index (κ3) is 5.95. The van der Waals surface area contributed by atoms with E-state index in [1.165, 1.54) is 0 Å². The molecule has 0 radical (unpaired) electrons. The highest BCUT2D eigenvalue weighted by Crippen LogP contribution is 2.36. The largest absolute Gasteiger partial charge is 0.373 e. The quantitative estimate of drug-likeness (QED) is 0.547. The predicted octanol–water partition coefficient (Wildman–Crippen LogP) is 5.44. The first-order chi connectivity index (χ1) is 15.1. The van der Waals surface area contributed by atoms with Crippen molar-refractivity contribution in [3.05, 3.63) is 71.3 Å². The molecule has 4 heteroatoms. The number of nitrogens with zero attached hydrogens (tertiary/aromatic N) is 3. The minimum absolute atomic E-state index is 0.276. The summed E-state index contributed by atoms with van der Waals surface area (Å²) >= 11 is 0. The molecule has 0 amide bonds. The molecule has 0 aromatic heterocycles. The summed E-state index contributed by atoms with van der Waals surface area (Å²) in [6.07, 6.45) is 4.25. The molecule has 1 atom stereocenters. The van der Waals surface area contributed by atoms with E-state index < -0.39 is 5.41 Å². The van der Waals surface area contributed by atoms with E-state index in [0.29, 0.717) is 12.2 Å². The van der Waals surface area contributed by atoms with Crippen molar-refractivity contribution in [1.82, 2.24) is 4.90 Å². The molecule has 1 heterocycles. The summed E-state index contributed by atoms with van der Waals surface area (Å²) in [5.41, 5.74) is 2.46. The average Bonchev–Trinajstić information content (AvgIpc) is 2.82. The lowest BCUT2D eigenvalue weighted by molar-refractivity contribution is -0.00287. The van der Waals surface area contributed by atoms with E-state index in [4.69, 9.17) is 10.00 Å². The van der Waals surface area contributed by atoms with E-state index in [-0.39, 0.29) is 12.0 Å². The smallest absolute Gasteiger partial charge is 0.0991 e. The van der Waals surface area contributed by atoms with Crippen molar-refractivity contribution in [2.45, 2.75) is 57.7 Å². The van der Waals surface area contributed by atoms with E-state index in [1.54, 1.807) is 0 Å². The second-order valence-electron chi connectivity index (χ2n) is 8.87. The van der Waals surface area contributed by atoms with Gasteiger partial charge in [0, 0.05) is 13.1 Å². The molecule has 0 N–H and O–H groups in total. The predicted molar refractivity (Wildman–Crippen MR) is 123 cm³/mol. The molecule has 3 rings (SSSR count). The van der Waals surface area contributed by atoms with Gasteiger partial charge < -0.3 is 9.64 Å². The van der Waals surface area contributed by atoms with Crippen LogP contribution in [0.4, 0.5) is 0 Å². The standard InChI is InChI=1S/C27H33N3O/c1-22(2)27(21-29,25-10-4-3-5-11-25)14-7-15-30-16-12-26(13-17-30)31-20-24-9-6-8-23(18-24)19-28/h3-6,8-11,18,22,26H,7,12-17,20H2,1-2H3. The fourth-order valence-corrected chi connectivity index (χ4v) is 4.58. The maximum Gasteiger partial charge on any atom is 0.0991 e. The second kappa shape index (κ2) is 11.1. The monoisotopic (exact) mass is 415 g/mol. The maximum absolute atomic E-state index is 10.1. The van der Waals surface area contributed by atoms with Gasteiger partial charge in [-0.25, -0.2) is 0 Å². The van der Waals surface area contributed by atoms with Crippen molar-refractivity contribution in [1.29, 1.82) is 10.5 Å². The molecule has 0 saturated carbocycles. The molecular weight excluding hydrogens is 382 g/mol. The second-order valence-corrected chi connectivity index (χ2v) is 8.87. The molecule has 0 bridgehead atoms. The molecule has 2 aromatic carbocycles. The molecule has 2 aromatic rings. The van der Waals surface area contributed by atoms with Gasteiger partial charge in [0.15, 0.2) is 0 Å². The van der Waals surface area contributed by atoms with Crippen LogP contribution in [0, 0.1) is 28.6 Å². The minimum atomic E-state index is -0.416. The van der Waals surface area contributed by atoms with E-state index in [9.17, 15) is 5.26 Å². The van der Waals surface area contributed by atoms with Crippen LogP contribution in [0.25, 0.3) is 0 Å². The lowest BCUT2D eigenvalue weighted by Gasteiger charge is -2.34. The van der Waals surface area contributed by atoms with Crippen LogP contribution in [0.3, 0.4) is 0 Å². The topological polar surface area (TPSA) is 60.1 Å². The van der Waals surface area contributed by atoms with Crippen LogP contribution in [0.5, 0.6) is 0 Å². The third-order valence-electron chi connectivity index (χ3n) is 6.60. The minimum Gasteiger partial charge on any atom is -0.373 e. The summed E-state index contributed by atoms with van der Waals surface area (Å²) in [7, 11) is 0. The summed E-state index contributed by atoms with van der Waals surface area (Å²) < 4.78 is 6.10. The Balaban J connectivity index is 1.44. The molecule has 1 unspecified atom stereocenters. The molecule has 0 aliphatic carbocycles. The number of benzene rings is 2. The van der Waals surface area contributed by atoms with Crippen LogP contribution in [0.15, 0.2) is 54.6 Å². The van der Waals surface area contributed by atoms with Gasteiger partial charge in [0.2, 0.25) is 0 Å². The summed E-state index contributed by atoms with van der Waals surface area (Å²) in [6.45, 7) is 7.98. The van der Waals surface area contributed by atoms with Gasteiger partial charge in [-0.1, -0.05) is 56.3 Å². The molecule has 1 fully saturated rings. The van der Waals surface area contributed by atoms with Gasteiger partial charge in [0.05, 0.1) is 35.8 Å². The van der Waals surface area contributed by atoms with Crippen LogP contribution >= 0.6 is 0 Å². The first-order valence-corrected chi connectivity index (χ1v) is 11.4. The first kappa shape index (κ1) is 23.0. The van der Waals surface area contributed by atoms with Crippen molar-refractivity contribution in [2.24, 2.45) is 5.92 Å². The van der Waals surface area contributed by atoms with Gasteiger partial charge >= 0.3 is 0 Å². The number of nitriles is 2. The Morgan fingerprint density at radius 3 is 2.45 bits per heavy atom. The number of piperidine rings is 1. The van der Waals surface area contributed by atoms with Crippen LogP contribution in [-0.4, -0.2) is 30.6 Å². The fourth-order valence-electron chi connectivity index (χ4n) is 4.58. The Hall–Kier alpha value is -2.66. The summed E-state index contributed by atoms with van der Waals surface area (Å²) in [5.74, 6) is 0.276. The van der Waals surface area contributed by atoms with Gasteiger partial charge in [-0.2, -0.15) is 10.5 Å². The van der Waals surface area contributed by atoms with Crippen molar-refractivity contribution < 1.29 is 4.74 Å². The Morgan fingerprint density at radius 1 is 1.06 bits per heavy atom. The Labute approximate surface area is 187 Å². The summed E-state index contributed by atoms with van der Waals surface area (Å²) in [5, 5.41) is 19.1. The Bertz CT molecular complexity index is 904. The van der Waals surface area contributed by atoms with Crippen molar-refractivity contribution in [3.8, 4) is 12.1 Å². The highest BCUT2D eigenvalue weighted by atomic mass is 16.5. The molecule has 1 aliphatic rings. The number of hydrogen-bond donors (Lipinski definition) is 0. The lowest BCUT2D eigenvalue weighted by atomic mass is 9.70. The van der Waals surface area contributed by atoms with E-state index in [2.05, 4.69) is 43.0 Å². The average molecular weight is 416 g/mol. The van der Waals surface area contributed by atoms with Gasteiger partial charge in [-0.3, -0.25) is 0 Å². The highest BCUT2D eigenvalue weighted by molar-refractivity contribution is 5.33. The van der Waals surface area contributed by atoms with Crippen LogP contribution in [0.1, 0.15) is 56.2 Å². The molecule has 31 heavy (non-hydrogen) atoms. The molecule has 1 aliphatic heterocycles. The van der Waals surface area contributed by atoms with Crippen molar-refractivity contribution in [3.63, 3.8) is 0 Å². The number of likely N-dealkylation sites (tertiary alicyclic amines) is 1. The zero-order chi connectivity index (χ0) is 22.1. The zero-order valence-electron chi connectivity index (χ0n) is 18.8. The number of hydrogen-bond acceptors (Lipinski definition) is 4. The number of rotatable bonds is 9. The normalized spacial score (nSPS) is 17.1.